The van der Waals surface area contributed by atoms with E-state index in [-0.39, 0.29) is 56.6 Å². The number of hydrazine groups is 1. The van der Waals surface area contributed by atoms with E-state index in [2.05, 4.69) is 51.6 Å². The molecule has 20 nitrogen and oxygen atoms in total. The third kappa shape index (κ3) is 9.60. The highest BCUT2D eigenvalue weighted by atomic mass is 127. The van der Waals surface area contributed by atoms with Gasteiger partial charge in [0.25, 0.3) is 17.7 Å². The van der Waals surface area contributed by atoms with Crippen LogP contribution >= 0.6 is 24.0 Å². The number of hydrazone groups is 1. The van der Waals surface area contributed by atoms with Crippen molar-refractivity contribution in [1.29, 1.82) is 0 Å². The molecule has 0 radical (unpaired) electrons. The number of likely N-dealkylation sites (tertiary alicyclic amines) is 1. The van der Waals surface area contributed by atoms with Crippen molar-refractivity contribution in [2.24, 2.45) is 28.6 Å². The Balaban J connectivity index is 0.00000329. The number of nitrogens with zero attached hydrogens (tertiary/aromatic N) is 10. The SMILES string of the molecule is CC1=C(C(=O)Nc2ccc3[nH]nc(-c4ccnc(N5CCN(CC6CCN(CC7CCN(c8ccc9c(c8)C(=O)N(C8CCC(=O)NC8=O)C9=O)CC7)CC6)CC5)c4)c3c2)CN(N)/C(=N\N)N1C.I.[HH]. The number of guanidine groups is 1. The second-order valence-corrected chi connectivity index (χ2v) is 19.0. The summed E-state index contributed by atoms with van der Waals surface area (Å²) in [6, 6.07) is 14.2. The van der Waals surface area contributed by atoms with Gasteiger partial charge in [-0.2, -0.15) is 5.10 Å². The maximum absolute atomic E-state index is 13.4. The van der Waals surface area contributed by atoms with E-state index in [0.717, 1.165) is 117 Å². The predicted octanol–water partition coefficient (Wildman–Crippen LogP) is 3.20. The van der Waals surface area contributed by atoms with Gasteiger partial charge in [0.1, 0.15) is 17.6 Å². The number of piperazine rings is 1. The number of piperidine rings is 3. The maximum atomic E-state index is 13.4. The number of rotatable bonds is 10. The number of carbonyl (C=O) groups is 5. The summed E-state index contributed by atoms with van der Waals surface area (Å²) >= 11 is 0. The topological polar surface area (TPSA) is 238 Å². The van der Waals surface area contributed by atoms with Crippen molar-refractivity contribution in [2.75, 3.05) is 94.2 Å². The number of H-pyrrole nitrogens is 1. The predicted molar refractivity (Wildman–Crippen MR) is 274 cm³/mol. The van der Waals surface area contributed by atoms with Gasteiger partial charge in [-0.3, -0.25) is 49.2 Å². The molecule has 69 heavy (non-hydrogen) atoms. The molecule has 0 spiro atoms. The molecular weight excluding hydrogens is 994 g/mol. The number of benzene rings is 2. The Kier molecular flexibility index (Phi) is 13.9. The number of nitrogens with two attached hydrogens (primary N) is 2. The van der Waals surface area contributed by atoms with Crippen molar-refractivity contribution in [2.45, 2.75) is 51.5 Å². The molecule has 0 aliphatic carbocycles. The highest BCUT2D eigenvalue weighted by Crippen LogP contribution is 2.34. The van der Waals surface area contributed by atoms with Crippen LogP contribution in [-0.2, 0) is 14.4 Å². The quantitative estimate of drug-likeness (QED) is 0.0664. The number of fused-ring (bicyclic) bond motifs is 2. The first-order chi connectivity index (χ1) is 32.9. The van der Waals surface area contributed by atoms with E-state index in [9.17, 15) is 24.0 Å². The molecule has 0 bridgehead atoms. The fourth-order valence-corrected chi connectivity index (χ4v) is 10.8. The van der Waals surface area contributed by atoms with Gasteiger partial charge < -0.3 is 30.8 Å². The van der Waals surface area contributed by atoms with Gasteiger partial charge in [0.15, 0.2) is 0 Å². The van der Waals surface area contributed by atoms with E-state index in [0.29, 0.717) is 45.9 Å². The molecule has 1 unspecified atom stereocenters. The average Bonchev–Trinajstić information content (AvgIpc) is 3.88. The molecule has 21 heteroatoms. The van der Waals surface area contributed by atoms with Gasteiger partial charge >= 0.3 is 0 Å². The number of hydrogen-bond acceptors (Lipinski definition) is 14. The number of allylic oxidation sites excluding steroid dienone is 1. The molecule has 6 aliphatic rings. The monoisotopic (exact) mass is 1060 g/mol. The zero-order valence-electron chi connectivity index (χ0n) is 39.0. The zero-order valence-corrected chi connectivity index (χ0v) is 41.4. The Morgan fingerprint density at radius 2 is 1.54 bits per heavy atom. The molecule has 8 heterocycles. The van der Waals surface area contributed by atoms with E-state index < -0.39 is 23.8 Å². The highest BCUT2D eigenvalue weighted by Gasteiger charge is 2.45. The van der Waals surface area contributed by atoms with E-state index in [1.165, 1.54) is 17.9 Å². The Morgan fingerprint density at radius 1 is 0.841 bits per heavy atom. The minimum Gasteiger partial charge on any atom is -0.371 e. The minimum absolute atomic E-state index is 0. The fraction of sp³-hybridized carbons (Fsp3) is 0.458. The number of imide groups is 2. The molecule has 2 aromatic heterocycles. The van der Waals surface area contributed by atoms with Crippen LogP contribution in [0.4, 0.5) is 17.2 Å². The second-order valence-electron chi connectivity index (χ2n) is 19.0. The van der Waals surface area contributed by atoms with Gasteiger partial charge in [-0.1, -0.05) is 0 Å². The summed E-state index contributed by atoms with van der Waals surface area (Å²) in [7, 11) is 1.77. The molecule has 6 aliphatic heterocycles. The Bertz CT molecular complexity index is 2730. The smallest absolute Gasteiger partial charge is 0.262 e. The average molecular weight is 1060 g/mol. The maximum Gasteiger partial charge on any atom is 0.262 e. The molecule has 4 fully saturated rings. The molecule has 5 amide bonds. The van der Waals surface area contributed by atoms with Crippen molar-refractivity contribution in [3.8, 4) is 11.3 Å². The van der Waals surface area contributed by atoms with Crippen LogP contribution in [0.25, 0.3) is 22.2 Å². The lowest BCUT2D eigenvalue weighted by Crippen LogP contribution is -2.54. The summed E-state index contributed by atoms with van der Waals surface area (Å²) in [5.74, 6) is 12.0. The van der Waals surface area contributed by atoms with Crippen LogP contribution in [0.5, 0.6) is 0 Å². The van der Waals surface area contributed by atoms with Crippen molar-refractivity contribution in [1.82, 2.24) is 45.1 Å². The number of nitrogens with one attached hydrogen (secondary N) is 3. The van der Waals surface area contributed by atoms with Crippen molar-refractivity contribution >= 4 is 87.6 Å². The van der Waals surface area contributed by atoms with Crippen LogP contribution in [0, 0.1) is 11.8 Å². The molecule has 10 rings (SSSR count). The Labute approximate surface area is 418 Å². The van der Waals surface area contributed by atoms with Crippen molar-refractivity contribution < 1.29 is 25.4 Å². The first kappa shape index (κ1) is 47.9. The second kappa shape index (κ2) is 20.0. The molecular formula is C48H62IN15O5. The van der Waals surface area contributed by atoms with Gasteiger partial charge in [0.2, 0.25) is 17.8 Å². The van der Waals surface area contributed by atoms with Crippen LogP contribution in [0.15, 0.2) is 71.1 Å². The molecule has 366 valence electrons. The molecule has 7 N–H and O–H groups in total. The summed E-state index contributed by atoms with van der Waals surface area (Å²) in [6.45, 7) is 12.0. The lowest BCUT2D eigenvalue weighted by Gasteiger charge is -2.41. The summed E-state index contributed by atoms with van der Waals surface area (Å²) in [4.78, 5) is 81.6. The number of aromatic amines is 1. The van der Waals surface area contributed by atoms with Crippen molar-refractivity contribution in [3.63, 3.8) is 0 Å². The number of hydrogen-bond donors (Lipinski definition) is 5. The minimum atomic E-state index is -0.964. The third-order valence-corrected chi connectivity index (χ3v) is 14.9. The molecule has 2 aromatic carbocycles. The van der Waals surface area contributed by atoms with E-state index >= 15 is 0 Å². The first-order valence-electron chi connectivity index (χ1n) is 23.7. The number of carbonyl (C=O) groups excluding carboxylic acids is 5. The van der Waals surface area contributed by atoms with Gasteiger partial charge in [0, 0.05) is 101 Å². The Hall–Kier alpha value is -6.17. The van der Waals surface area contributed by atoms with E-state index in [4.69, 9.17) is 16.7 Å². The van der Waals surface area contributed by atoms with Crippen LogP contribution in [0.3, 0.4) is 0 Å². The van der Waals surface area contributed by atoms with E-state index in [1.54, 1.807) is 24.1 Å². The lowest BCUT2D eigenvalue weighted by atomic mass is 9.92. The zero-order chi connectivity index (χ0) is 47.2. The van der Waals surface area contributed by atoms with Crippen LogP contribution in [-0.4, -0.2) is 160 Å². The number of anilines is 3. The number of amides is 5. The standard InChI is InChI=1S/C48H59N15O5.HI.H2/c1-29-38(28-62(50)48(54-49)57(29)2)44(65)52-33-3-6-39-37(24-33)43(56-55-39)32-9-14-51-41(23-32)61-21-19-59(20-22-61)27-30-10-15-58(16-11-30)26-31-12-17-60(18-13-31)34-4-5-35-36(25-34)47(68)63(46(35)67)40-7-8-42(64)53-45(40)66;;/h3-6,9,14,23-25,30-31,40H,7-8,10-13,15-22,26-28,49-50H2,1-2H3,(H,52,65)(H,55,56)(H,53,64,66);2*1H/b54-48-;;. The largest absolute Gasteiger partial charge is 0.371 e. The summed E-state index contributed by atoms with van der Waals surface area (Å²) in [5.41, 5.74) is 6.03. The fourth-order valence-electron chi connectivity index (χ4n) is 10.8. The first-order valence-corrected chi connectivity index (χ1v) is 23.7. The molecule has 1 atom stereocenters. The summed E-state index contributed by atoms with van der Waals surface area (Å²) in [6.07, 6.45) is 6.62. The van der Waals surface area contributed by atoms with Crippen LogP contribution in [0.1, 0.15) is 67.6 Å². The van der Waals surface area contributed by atoms with Gasteiger partial charge in [-0.25, -0.2) is 10.8 Å². The summed E-state index contributed by atoms with van der Waals surface area (Å²) in [5, 5.41) is 19.1. The summed E-state index contributed by atoms with van der Waals surface area (Å²) < 4.78 is 0. The number of aromatic nitrogens is 3. The van der Waals surface area contributed by atoms with Gasteiger partial charge in [0.05, 0.1) is 28.8 Å². The highest BCUT2D eigenvalue weighted by molar-refractivity contribution is 14.0. The van der Waals surface area contributed by atoms with Crippen LogP contribution in [0.2, 0.25) is 0 Å². The van der Waals surface area contributed by atoms with E-state index in [1.807, 2.05) is 43.5 Å². The van der Waals surface area contributed by atoms with Crippen molar-refractivity contribution in [3.05, 3.63) is 77.1 Å². The van der Waals surface area contributed by atoms with Gasteiger partial charge in [-0.05, 0) is 112 Å². The van der Waals surface area contributed by atoms with Gasteiger partial charge in [-0.15, -0.1) is 29.1 Å². The Morgan fingerprint density at radius 3 is 2.25 bits per heavy atom. The molecule has 0 saturated carbocycles. The number of pyridine rings is 1. The molecule has 4 saturated heterocycles. The number of halogens is 1. The van der Waals surface area contributed by atoms with Crippen LogP contribution < -0.4 is 32.1 Å². The third-order valence-electron chi connectivity index (χ3n) is 14.9. The molecule has 4 aromatic rings. The lowest BCUT2D eigenvalue weighted by molar-refractivity contribution is -0.136. The normalized spacial score (nSPS) is 21.9.